The van der Waals surface area contributed by atoms with Gasteiger partial charge in [-0.2, -0.15) is 0 Å². The van der Waals surface area contributed by atoms with E-state index in [0.717, 1.165) is 25.7 Å². The van der Waals surface area contributed by atoms with Gasteiger partial charge in [-0.3, -0.25) is 14.4 Å². The lowest BCUT2D eigenvalue weighted by Gasteiger charge is -2.22. The minimum Gasteiger partial charge on any atom is -0.469 e. The van der Waals surface area contributed by atoms with Gasteiger partial charge in [0.1, 0.15) is 0 Å². The molecule has 0 saturated heterocycles. The molecule has 0 aromatic heterocycles. The summed E-state index contributed by atoms with van der Waals surface area (Å²) in [4.78, 5) is 35.0. The smallest absolute Gasteiger partial charge is 0.306 e. The molecular formula is C19H25N3O4S. The molecule has 1 aliphatic rings. The van der Waals surface area contributed by atoms with Crippen molar-refractivity contribution in [1.82, 2.24) is 10.6 Å². The average molecular weight is 391 g/mol. The first kappa shape index (κ1) is 20.8. The number of benzene rings is 1. The first-order chi connectivity index (χ1) is 13.0. The molecule has 2 rings (SSSR count). The van der Waals surface area contributed by atoms with Crippen molar-refractivity contribution in [2.24, 2.45) is 0 Å². The summed E-state index contributed by atoms with van der Waals surface area (Å²) in [5, 5.41) is 8.57. The highest BCUT2D eigenvalue weighted by atomic mass is 32.1. The van der Waals surface area contributed by atoms with Crippen molar-refractivity contribution >= 4 is 40.8 Å². The molecule has 0 radical (unpaired) electrons. The summed E-state index contributed by atoms with van der Waals surface area (Å²) in [7, 11) is 1.27. The fraction of sp³-hybridized carbons (Fsp3) is 0.474. The van der Waals surface area contributed by atoms with Crippen molar-refractivity contribution in [3.63, 3.8) is 0 Å². The van der Waals surface area contributed by atoms with Gasteiger partial charge in [0, 0.05) is 23.7 Å². The van der Waals surface area contributed by atoms with Crippen molar-refractivity contribution < 1.29 is 19.1 Å². The summed E-state index contributed by atoms with van der Waals surface area (Å²) in [5.41, 5.74) is 1.24. The molecule has 3 N–H and O–H groups in total. The minimum atomic E-state index is -0.453. The second-order valence-corrected chi connectivity index (χ2v) is 6.87. The Morgan fingerprint density at radius 1 is 1.07 bits per heavy atom. The Kier molecular flexibility index (Phi) is 8.19. The van der Waals surface area contributed by atoms with Crippen LogP contribution in [0.5, 0.6) is 0 Å². The molecule has 27 heavy (non-hydrogen) atoms. The first-order valence-electron chi connectivity index (χ1n) is 9.06. The number of hydrogen-bond acceptors (Lipinski definition) is 5. The van der Waals surface area contributed by atoms with Gasteiger partial charge >= 0.3 is 5.97 Å². The molecule has 0 bridgehead atoms. The summed E-state index contributed by atoms with van der Waals surface area (Å²) in [6.45, 7) is 0. The first-order valence-corrected chi connectivity index (χ1v) is 9.47. The lowest BCUT2D eigenvalue weighted by molar-refractivity contribution is -0.142. The molecule has 0 heterocycles. The summed E-state index contributed by atoms with van der Waals surface area (Å²) in [6.07, 6.45) is 5.63. The Morgan fingerprint density at radius 2 is 1.74 bits per heavy atom. The minimum absolute atomic E-state index is 0.00422. The van der Waals surface area contributed by atoms with Crippen LogP contribution in [0.2, 0.25) is 0 Å². The largest absolute Gasteiger partial charge is 0.469 e. The van der Waals surface area contributed by atoms with Gasteiger partial charge in [0.15, 0.2) is 5.11 Å². The van der Waals surface area contributed by atoms with Gasteiger partial charge in [0.25, 0.3) is 5.91 Å². The van der Waals surface area contributed by atoms with E-state index in [2.05, 4.69) is 20.7 Å². The van der Waals surface area contributed by atoms with Gasteiger partial charge in [0.2, 0.25) is 5.91 Å². The van der Waals surface area contributed by atoms with Gasteiger partial charge in [-0.1, -0.05) is 19.3 Å². The van der Waals surface area contributed by atoms with Crippen LogP contribution >= 0.6 is 12.2 Å². The van der Waals surface area contributed by atoms with Crippen LogP contribution in [-0.4, -0.2) is 36.0 Å². The van der Waals surface area contributed by atoms with Crippen molar-refractivity contribution in [1.29, 1.82) is 0 Å². The Labute approximate surface area is 164 Å². The molecule has 0 aliphatic heterocycles. The Hall–Kier alpha value is -2.48. The van der Waals surface area contributed by atoms with E-state index in [-0.39, 0.29) is 35.8 Å². The number of thiocarbonyl (C=S) groups is 1. The summed E-state index contributed by atoms with van der Waals surface area (Å²) < 4.78 is 4.48. The maximum atomic E-state index is 12.3. The van der Waals surface area contributed by atoms with E-state index in [9.17, 15) is 14.4 Å². The van der Waals surface area contributed by atoms with E-state index in [0.29, 0.717) is 11.3 Å². The zero-order valence-electron chi connectivity index (χ0n) is 15.4. The highest BCUT2D eigenvalue weighted by molar-refractivity contribution is 7.80. The van der Waals surface area contributed by atoms with E-state index in [1.807, 2.05) is 0 Å². The third-order valence-electron chi connectivity index (χ3n) is 4.38. The van der Waals surface area contributed by atoms with Gasteiger partial charge in [-0.05, 0) is 49.3 Å². The summed E-state index contributed by atoms with van der Waals surface area (Å²) in [6, 6.07) is 7.13. The van der Waals surface area contributed by atoms with Crippen LogP contribution in [0.4, 0.5) is 5.69 Å². The van der Waals surface area contributed by atoms with E-state index in [1.165, 1.54) is 13.5 Å². The quantitative estimate of drug-likeness (QED) is 0.509. The highest BCUT2D eigenvalue weighted by Crippen LogP contribution is 2.18. The van der Waals surface area contributed by atoms with Crippen LogP contribution in [-0.2, 0) is 14.3 Å². The Morgan fingerprint density at radius 3 is 2.37 bits per heavy atom. The number of hydrogen-bond donors (Lipinski definition) is 3. The predicted molar refractivity (Wildman–Crippen MR) is 106 cm³/mol. The van der Waals surface area contributed by atoms with E-state index >= 15 is 0 Å². The number of anilines is 1. The van der Waals surface area contributed by atoms with Crippen LogP contribution in [0, 0.1) is 0 Å². The zero-order chi connectivity index (χ0) is 19.6. The molecule has 0 spiro atoms. The molecule has 7 nitrogen and oxygen atoms in total. The number of rotatable bonds is 6. The van der Waals surface area contributed by atoms with Crippen LogP contribution in [0.1, 0.15) is 55.3 Å². The van der Waals surface area contributed by atoms with Gasteiger partial charge < -0.3 is 20.7 Å². The zero-order valence-corrected chi connectivity index (χ0v) is 16.2. The standard InChI is InChI=1S/C19H25N3O4S/c1-26-17(24)12-11-16(23)22-19(27)21-15-9-7-13(8-10-15)18(25)20-14-5-3-2-4-6-14/h7-10,14H,2-6,11-12H2,1H3,(H,20,25)(H2,21,22,23,27). The molecule has 8 heteroatoms. The molecule has 1 aromatic rings. The number of ether oxygens (including phenoxy) is 1. The van der Waals surface area contributed by atoms with E-state index in [4.69, 9.17) is 12.2 Å². The molecule has 0 unspecified atom stereocenters. The Bertz CT molecular complexity index is 685. The second-order valence-electron chi connectivity index (χ2n) is 6.46. The Balaban J connectivity index is 1.78. The maximum absolute atomic E-state index is 12.3. The number of esters is 1. The third kappa shape index (κ3) is 7.34. The number of carbonyl (C=O) groups is 3. The molecule has 1 aromatic carbocycles. The maximum Gasteiger partial charge on any atom is 0.306 e. The van der Waals surface area contributed by atoms with Crippen molar-refractivity contribution in [3.05, 3.63) is 29.8 Å². The van der Waals surface area contributed by atoms with Crippen molar-refractivity contribution in [2.75, 3.05) is 12.4 Å². The topological polar surface area (TPSA) is 96.5 Å². The third-order valence-corrected chi connectivity index (χ3v) is 4.59. The molecule has 1 saturated carbocycles. The van der Waals surface area contributed by atoms with E-state index in [1.54, 1.807) is 24.3 Å². The van der Waals surface area contributed by atoms with Crippen molar-refractivity contribution in [2.45, 2.75) is 51.0 Å². The fourth-order valence-corrected chi connectivity index (χ4v) is 3.12. The normalized spacial score (nSPS) is 14.1. The van der Waals surface area contributed by atoms with E-state index < -0.39 is 5.97 Å². The number of nitrogens with one attached hydrogen (secondary N) is 3. The predicted octanol–water partition coefficient (Wildman–Crippen LogP) is 2.52. The lowest BCUT2D eigenvalue weighted by Crippen LogP contribution is -2.36. The van der Waals surface area contributed by atoms with Crippen LogP contribution in [0.15, 0.2) is 24.3 Å². The molecule has 1 fully saturated rings. The molecule has 146 valence electrons. The highest BCUT2D eigenvalue weighted by Gasteiger charge is 2.16. The van der Waals surface area contributed by atoms with Crippen molar-refractivity contribution in [3.8, 4) is 0 Å². The van der Waals surface area contributed by atoms with Gasteiger partial charge in [-0.25, -0.2) is 0 Å². The molecular weight excluding hydrogens is 366 g/mol. The molecule has 1 aliphatic carbocycles. The van der Waals surface area contributed by atoms with Gasteiger partial charge in [0.05, 0.1) is 13.5 Å². The summed E-state index contributed by atoms with van der Waals surface area (Å²) >= 11 is 5.07. The number of methoxy groups -OCH3 is 1. The van der Waals surface area contributed by atoms with Crippen LogP contribution in [0.25, 0.3) is 0 Å². The van der Waals surface area contributed by atoms with Crippen LogP contribution < -0.4 is 16.0 Å². The second kappa shape index (κ2) is 10.6. The number of carbonyl (C=O) groups excluding carboxylic acids is 3. The lowest BCUT2D eigenvalue weighted by atomic mass is 9.95. The van der Waals surface area contributed by atoms with Gasteiger partial charge in [-0.15, -0.1) is 0 Å². The fourth-order valence-electron chi connectivity index (χ4n) is 2.89. The molecule has 0 atom stereocenters. The molecule has 2 amide bonds. The SMILES string of the molecule is COC(=O)CCC(=O)NC(=S)Nc1ccc(C(=O)NC2CCCCC2)cc1. The average Bonchev–Trinajstić information content (AvgIpc) is 2.67. The monoisotopic (exact) mass is 391 g/mol. The van der Waals surface area contributed by atoms with Crippen LogP contribution in [0.3, 0.4) is 0 Å². The number of amides is 2. The summed E-state index contributed by atoms with van der Waals surface area (Å²) in [5.74, 6) is -0.903.